The zero-order chi connectivity index (χ0) is 17.4. The van der Waals surface area contributed by atoms with Crippen molar-refractivity contribution in [1.29, 1.82) is 0 Å². The van der Waals surface area contributed by atoms with Crippen molar-refractivity contribution in [2.45, 2.75) is 105 Å². The van der Waals surface area contributed by atoms with E-state index in [2.05, 4.69) is 20.8 Å². The minimum absolute atomic E-state index is 0.313. The van der Waals surface area contributed by atoms with Crippen molar-refractivity contribution in [2.75, 3.05) is 0 Å². The third-order valence-electron chi connectivity index (χ3n) is 3.51. The molecule has 0 fully saturated rings. The fraction of sp³-hybridized carbons (Fsp3) is 0.944. The number of hydrogen-bond acceptors (Lipinski definition) is 4. The van der Waals surface area contributed by atoms with Crippen molar-refractivity contribution in [2.24, 2.45) is 5.41 Å². The van der Waals surface area contributed by atoms with Gasteiger partial charge in [0.25, 0.3) is 0 Å². The Labute approximate surface area is 136 Å². The van der Waals surface area contributed by atoms with Crippen LogP contribution in [0.1, 0.15) is 93.4 Å². The molecule has 0 unspecified atom stereocenters. The predicted octanol–water partition coefficient (Wildman–Crippen LogP) is 4.79. The molecule has 0 atom stereocenters. The van der Waals surface area contributed by atoms with Gasteiger partial charge in [0.05, 0.1) is 5.60 Å². The highest BCUT2D eigenvalue weighted by molar-refractivity contribution is 5.68. The summed E-state index contributed by atoms with van der Waals surface area (Å²) in [6.07, 6.45) is 5.78. The summed E-state index contributed by atoms with van der Waals surface area (Å²) in [5, 5.41) is 9.72. The fourth-order valence-corrected chi connectivity index (χ4v) is 1.95. The van der Waals surface area contributed by atoms with E-state index in [1.807, 2.05) is 13.8 Å². The van der Waals surface area contributed by atoms with Crippen molar-refractivity contribution >= 4 is 5.97 Å². The highest BCUT2D eigenvalue weighted by Gasteiger charge is 2.25. The Morgan fingerprint density at radius 3 is 1.95 bits per heavy atom. The molecule has 0 spiro atoms. The van der Waals surface area contributed by atoms with E-state index in [-0.39, 0.29) is 5.97 Å². The molecule has 0 aliphatic heterocycles. The highest BCUT2D eigenvalue weighted by atomic mass is 17.2. The molecule has 1 N–H and O–H groups in total. The Balaban J connectivity index is 3.80. The van der Waals surface area contributed by atoms with Crippen LogP contribution in [0.5, 0.6) is 0 Å². The lowest BCUT2D eigenvalue weighted by molar-refractivity contribution is -0.327. The van der Waals surface area contributed by atoms with Crippen molar-refractivity contribution in [3.05, 3.63) is 0 Å². The first kappa shape index (κ1) is 21.4. The Bertz CT molecular complexity index is 321. The third kappa shape index (κ3) is 14.3. The molecule has 0 saturated heterocycles. The third-order valence-corrected chi connectivity index (χ3v) is 3.51. The molecule has 0 saturated carbocycles. The zero-order valence-corrected chi connectivity index (χ0v) is 15.6. The molecule has 0 aromatic heterocycles. The SMILES string of the molecule is CC(C)(C)CCCCCC(=O)OOC(C)(C)CCC(C)(C)O. The van der Waals surface area contributed by atoms with Gasteiger partial charge in [0.1, 0.15) is 5.60 Å². The van der Waals surface area contributed by atoms with Gasteiger partial charge in [0.2, 0.25) is 0 Å². The standard InChI is InChI=1S/C18H36O4/c1-16(2,3)12-10-8-9-11-15(19)21-22-18(6,7)14-13-17(4,5)20/h20H,8-14H2,1-7H3. The molecule has 132 valence electrons. The Morgan fingerprint density at radius 1 is 0.864 bits per heavy atom. The van der Waals surface area contributed by atoms with E-state index in [0.29, 0.717) is 24.7 Å². The zero-order valence-electron chi connectivity index (χ0n) is 15.6. The second kappa shape index (κ2) is 8.88. The first-order valence-corrected chi connectivity index (χ1v) is 8.42. The number of carbonyl (C=O) groups is 1. The number of unbranched alkanes of at least 4 members (excludes halogenated alkanes) is 2. The first-order valence-electron chi connectivity index (χ1n) is 8.42. The van der Waals surface area contributed by atoms with Crippen molar-refractivity contribution < 1.29 is 19.7 Å². The summed E-state index contributed by atoms with van der Waals surface area (Å²) >= 11 is 0. The van der Waals surface area contributed by atoms with Gasteiger partial charge in [-0.25, -0.2) is 4.79 Å². The van der Waals surface area contributed by atoms with Gasteiger partial charge >= 0.3 is 5.97 Å². The second-order valence-corrected chi connectivity index (χ2v) is 8.73. The van der Waals surface area contributed by atoms with Crippen molar-refractivity contribution in [3.8, 4) is 0 Å². The second-order valence-electron chi connectivity index (χ2n) is 8.73. The van der Waals surface area contributed by atoms with E-state index in [4.69, 9.17) is 9.78 Å². The van der Waals surface area contributed by atoms with Crippen LogP contribution in [0.3, 0.4) is 0 Å². The average molecular weight is 316 g/mol. The summed E-state index contributed by atoms with van der Waals surface area (Å²) < 4.78 is 0. The van der Waals surface area contributed by atoms with Crippen LogP contribution in [0.2, 0.25) is 0 Å². The molecule has 0 amide bonds. The van der Waals surface area contributed by atoms with Crippen LogP contribution in [0.15, 0.2) is 0 Å². The monoisotopic (exact) mass is 316 g/mol. The van der Waals surface area contributed by atoms with Gasteiger partial charge in [-0.15, -0.1) is 0 Å². The van der Waals surface area contributed by atoms with Crippen LogP contribution < -0.4 is 0 Å². The van der Waals surface area contributed by atoms with E-state index >= 15 is 0 Å². The molecule has 0 aliphatic rings. The van der Waals surface area contributed by atoms with Crippen LogP contribution in [-0.2, 0) is 14.6 Å². The molecular weight excluding hydrogens is 280 g/mol. The number of aliphatic hydroxyl groups is 1. The molecule has 0 aliphatic carbocycles. The van der Waals surface area contributed by atoms with Crippen LogP contribution in [0, 0.1) is 5.41 Å². The summed E-state index contributed by atoms with van der Waals surface area (Å²) in [7, 11) is 0. The van der Waals surface area contributed by atoms with Crippen molar-refractivity contribution in [1.82, 2.24) is 0 Å². The first-order chi connectivity index (χ1) is 9.81. The maximum absolute atomic E-state index is 11.7. The molecule has 0 bridgehead atoms. The van der Waals surface area contributed by atoms with Gasteiger partial charge in [-0.05, 0) is 58.8 Å². The van der Waals surface area contributed by atoms with Crippen LogP contribution in [-0.4, -0.2) is 22.3 Å². The summed E-state index contributed by atoms with van der Waals surface area (Å²) in [5.41, 5.74) is -0.965. The molecule has 0 aromatic carbocycles. The summed E-state index contributed by atoms with van der Waals surface area (Å²) in [6, 6.07) is 0. The molecule has 0 heterocycles. The lowest BCUT2D eigenvalue weighted by Crippen LogP contribution is -2.30. The summed E-state index contributed by atoms with van der Waals surface area (Å²) in [5.74, 6) is -0.313. The summed E-state index contributed by atoms with van der Waals surface area (Å²) in [4.78, 5) is 21.8. The van der Waals surface area contributed by atoms with Gasteiger partial charge in [-0.2, -0.15) is 4.89 Å². The Morgan fingerprint density at radius 2 is 1.45 bits per heavy atom. The summed E-state index contributed by atoms with van der Waals surface area (Å²) in [6.45, 7) is 13.9. The molecule has 0 radical (unpaired) electrons. The van der Waals surface area contributed by atoms with E-state index in [0.717, 1.165) is 19.3 Å². The van der Waals surface area contributed by atoms with Gasteiger partial charge in [0.15, 0.2) is 0 Å². The van der Waals surface area contributed by atoms with Gasteiger partial charge in [-0.1, -0.05) is 33.6 Å². The molecule has 0 rings (SSSR count). The van der Waals surface area contributed by atoms with Crippen LogP contribution >= 0.6 is 0 Å². The topological polar surface area (TPSA) is 55.8 Å². The van der Waals surface area contributed by atoms with Gasteiger partial charge in [0, 0.05) is 6.42 Å². The largest absolute Gasteiger partial charge is 0.390 e. The van der Waals surface area contributed by atoms with E-state index in [1.165, 1.54) is 6.42 Å². The Kier molecular flexibility index (Phi) is 8.63. The highest BCUT2D eigenvalue weighted by Crippen LogP contribution is 2.24. The van der Waals surface area contributed by atoms with E-state index < -0.39 is 11.2 Å². The van der Waals surface area contributed by atoms with E-state index in [1.54, 1.807) is 13.8 Å². The number of rotatable bonds is 10. The average Bonchev–Trinajstić information content (AvgIpc) is 2.32. The van der Waals surface area contributed by atoms with Gasteiger partial charge < -0.3 is 5.11 Å². The molecule has 4 nitrogen and oxygen atoms in total. The maximum atomic E-state index is 11.7. The van der Waals surface area contributed by atoms with Crippen LogP contribution in [0.4, 0.5) is 0 Å². The minimum atomic E-state index is -0.738. The van der Waals surface area contributed by atoms with Gasteiger partial charge in [-0.3, -0.25) is 4.89 Å². The predicted molar refractivity (Wildman–Crippen MR) is 89.3 cm³/mol. The molecule has 4 heteroatoms. The van der Waals surface area contributed by atoms with Crippen molar-refractivity contribution in [3.63, 3.8) is 0 Å². The lowest BCUT2D eigenvalue weighted by Gasteiger charge is -2.26. The number of carbonyl (C=O) groups excluding carboxylic acids is 1. The van der Waals surface area contributed by atoms with E-state index in [9.17, 15) is 9.90 Å². The molecule has 0 aromatic rings. The normalized spacial score (nSPS) is 13.3. The minimum Gasteiger partial charge on any atom is -0.390 e. The molecule has 22 heavy (non-hydrogen) atoms. The number of hydrogen-bond donors (Lipinski definition) is 1. The molecular formula is C18H36O4. The fourth-order valence-electron chi connectivity index (χ4n) is 1.95. The smallest absolute Gasteiger partial charge is 0.342 e. The Hall–Kier alpha value is -0.610. The van der Waals surface area contributed by atoms with Crippen LogP contribution in [0.25, 0.3) is 0 Å². The maximum Gasteiger partial charge on any atom is 0.342 e. The quantitative estimate of drug-likeness (QED) is 0.358. The lowest BCUT2D eigenvalue weighted by atomic mass is 9.89.